The molecule has 2 atom stereocenters. The van der Waals surface area contributed by atoms with Gasteiger partial charge in [-0.25, -0.2) is 0 Å². The molecule has 1 fully saturated rings. The van der Waals surface area contributed by atoms with Gasteiger partial charge in [0.15, 0.2) is 0 Å². The first-order valence-corrected chi connectivity index (χ1v) is 7.61. The highest BCUT2D eigenvalue weighted by Gasteiger charge is 2.40. The lowest BCUT2D eigenvalue weighted by molar-refractivity contribution is -1.09. The number of rotatable bonds is 3. The van der Waals surface area contributed by atoms with Crippen LogP contribution in [0.1, 0.15) is 12.0 Å². The van der Waals surface area contributed by atoms with Gasteiger partial charge in [0, 0.05) is 13.0 Å². The van der Waals surface area contributed by atoms with E-state index in [4.69, 9.17) is 10.0 Å². The first-order chi connectivity index (χ1) is 8.83. The van der Waals surface area contributed by atoms with Crippen molar-refractivity contribution in [1.29, 1.82) is 0 Å². The molecular formula is C12H20N3O3S+. The van der Waals surface area contributed by atoms with Crippen LogP contribution in [0.3, 0.4) is 0 Å². The van der Waals surface area contributed by atoms with Crippen molar-refractivity contribution in [3.05, 3.63) is 29.8 Å². The smallest absolute Gasteiger partial charge is 0.265 e. The fourth-order valence-electron chi connectivity index (χ4n) is 2.03. The number of hydrogen-bond acceptors (Lipinski definition) is 5. The number of hydrogen-bond donors (Lipinski definition) is 2. The van der Waals surface area contributed by atoms with Crippen LogP contribution in [0.4, 0.5) is 0 Å². The molecule has 1 aromatic rings. The zero-order chi connectivity index (χ0) is 14.1. The van der Waals surface area contributed by atoms with E-state index in [0.717, 1.165) is 18.5 Å². The summed E-state index contributed by atoms with van der Waals surface area (Å²) < 4.78 is 29.6. The monoisotopic (exact) mass is 286 g/mol. The second-order valence-corrected chi connectivity index (χ2v) is 6.52. The fourth-order valence-corrected chi connectivity index (χ4v) is 3.20. The van der Waals surface area contributed by atoms with Crippen molar-refractivity contribution in [2.75, 3.05) is 20.1 Å². The van der Waals surface area contributed by atoms with Crippen LogP contribution in [0.2, 0.25) is 0 Å². The molecule has 6 nitrogen and oxygen atoms in total. The van der Waals surface area contributed by atoms with Crippen LogP contribution in [0.25, 0.3) is 0 Å². The van der Waals surface area contributed by atoms with Crippen molar-refractivity contribution in [2.24, 2.45) is 5.73 Å². The number of quaternary nitrogens is 1. The Morgan fingerprint density at radius 1 is 1.37 bits per heavy atom. The molecule has 1 aromatic carbocycles. The largest absolute Gasteiger partial charge is 0.342 e. The second-order valence-electron chi connectivity index (χ2n) is 4.99. The van der Waals surface area contributed by atoms with Gasteiger partial charge < -0.3 is 0 Å². The Morgan fingerprint density at radius 2 is 2.00 bits per heavy atom. The van der Waals surface area contributed by atoms with Crippen LogP contribution in [-0.2, 0) is 14.4 Å². The number of nitrogens with zero attached hydrogens (tertiary/aromatic N) is 1. The van der Waals surface area contributed by atoms with Crippen molar-refractivity contribution >= 4 is 10.1 Å². The summed E-state index contributed by atoms with van der Waals surface area (Å²) in [5, 5.41) is 3.02. The Morgan fingerprint density at radius 3 is 2.58 bits per heavy atom. The van der Waals surface area contributed by atoms with Gasteiger partial charge in [-0.15, -0.1) is 4.65 Å². The molecular weight excluding hydrogens is 266 g/mol. The van der Waals surface area contributed by atoms with Crippen LogP contribution in [0.5, 0.6) is 0 Å². The van der Waals surface area contributed by atoms with Gasteiger partial charge in [0.1, 0.15) is 13.6 Å². The first kappa shape index (κ1) is 14.4. The number of nitrogens with two attached hydrogens (primary N) is 1. The molecule has 2 unspecified atom stereocenters. The number of aryl methyl sites for hydroxylation is 1. The maximum Gasteiger partial charge on any atom is 0.342 e. The van der Waals surface area contributed by atoms with Gasteiger partial charge in [0.2, 0.25) is 6.29 Å². The lowest BCUT2D eigenvalue weighted by Gasteiger charge is -2.38. The Labute approximate surface area is 113 Å². The van der Waals surface area contributed by atoms with E-state index in [1.54, 1.807) is 31.3 Å². The van der Waals surface area contributed by atoms with Gasteiger partial charge in [-0.05, 0) is 19.1 Å². The van der Waals surface area contributed by atoms with E-state index in [1.807, 2.05) is 6.92 Å². The molecule has 2 rings (SSSR count). The molecule has 1 aliphatic heterocycles. The van der Waals surface area contributed by atoms with E-state index in [9.17, 15) is 8.42 Å². The molecule has 0 aliphatic carbocycles. The van der Waals surface area contributed by atoms with Gasteiger partial charge in [-0.2, -0.15) is 8.42 Å². The predicted octanol–water partition coefficient (Wildman–Crippen LogP) is 0.298. The third kappa shape index (κ3) is 3.13. The van der Waals surface area contributed by atoms with Gasteiger partial charge in [0.25, 0.3) is 0 Å². The number of hydroxylamine groups is 3. The van der Waals surface area contributed by atoms with Crippen LogP contribution in [0, 0.1) is 6.92 Å². The summed E-state index contributed by atoms with van der Waals surface area (Å²) in [6, 6.07) is 6.56. The van der Waals surface area contributed by atoms with Gasteiger partial charge in [-0.1, -0.05) is 22.0 Å². The summed E-state index contributed by atoms with van der Waals surface area (Å²) >= 11 is 0. The molecule has 0 bridgehead atoms. The van der Waals surface area contributed by atoms with E-state index >= 15 is 0 Å². The predicted molar refractivity (Wildman–Crippen MR) is 71.1 cm³/mol. The van der Waals surface area contributed by atoms with Gasteiger partial charge in [0.05, 0.1) is 4.90 Å². The van der Waals surface area contributed by atoms with Crippen molar-refractivity contribution in [1.82, 2.24) is 5.32 Å². The summed E-state index contributed by atoms with van der Waals surface area (Å²) in [6.45, 7) is 3.22. The second kappa shape index (κ2) is 5.18. The van der Waals surface area contributed by atoms with Crippen molar-refractivity contribution < 1.29 is 17.3 Å². The third-order valence-corrected chi connectivity index (χ3v) is 4.69. The third-order valence-electron chi connectivity index (χ3n) is 3.30. The van der Waals surface area contributed by atoms with E-state index in [1.165, 1.54) is 0 Å². The molecule has 1 saturated heterocycles. The normalized spacial score (nSPS) is 28.3. The molecule has 1 aliphatic rings. The van der Waals surface area contributed by atoms with E-state index < -0.39 is 16.4 Å². The molecule has 0 amide bonds. The van der Waals surface area contributed by atoms with Crippen LogP contribution in [0.15, 0.2) is 29.2 Å². The van der Waals surface area contributed by atoms with Crippen LogP contribution < -0.4 is 11.1 Å². The van der Waals surface area contributed by atoms with E-state index in [-0.39, 0.29) is 9.54 Å². The summed E-state index contributed by atoms with van der Waals surface area (Å²) in [4.78, 5) is 0.148. The molecule has 7 heteroatoms. The summed E-state index contributed by atoms with van der Waals surface area (Å²) in [5.41, 5.74) is 6.89. The Balaban J connectivity index is 2.23. The first-order valence-electron chi connectivity index (χ1n) is 6.21. The fraction of sp³-hybridized carbons (Fsp3) is 0.500. The highest BCUT2D eigenvalue weighted by Crippen LogP contribution is 2.21. The van der Waals surface area contributed by atoms with Gasteiger partial charge in [-0.3, -0.25) is 11.1 Å². The zero-order valence-electron chi connectivity index (χ0n) is 11.2. The van der Waals surface area contributed by atoms with Crippen molar-refractivity contribution in [3.63, 3.8) is 0 Å². The molecule has 0 saturated carbocycles. The van der Waals surface area contributed by atoms with E-state index in [2.05, 4.69) is 5.32 Å². The van der Waals surface area contributed by atoms with Crippen LogP contribution in [-0.4, -0.2) is 39.5 Å². The minimum absolute atomic E-state index is 0.148. The lowest BCUT2D eigenvalue weighted by atomic mass is 10.2. The van der Waals surface area contributed by atoms with Crippen molar-refractivity contribution in [3.8, 4) is 0 Å². The molecule has 19 heavy (non-hydrogen) atoms. The summed E-state index contributed by atoms with van der Waals surface area (Å²) in [6.07, 6.45) is 0.266. The summed E-state index contributed by atoms with van der Waals surface area (Å²) in [7, 11) is -2.15. The maximum absolute atomic E-state index is 12.2. The van der Waals surface area contributed by atoms with Crippen LogP contribution >= 0.6 is 0 Å². The molecule has 1 heterocycles. The Kier molecular flexibility index (Phi) is 3.93. The highest BCUT2D eigenvalue weighted by molar-refractivity contribution is 7.86. The molecule has 0 spiro atoms. The quantitative estimate of drug-likeness (QED) is 0.781. The minimum atomic E-state index is -3.82. The maximum atomic E-state index is 12.2. The molecule has 0 radical (unpaired) electrons. The highest BCUT2D eigenvalue weighted by atomic mass is 32.2. The topological polar surface area (TPSA) is 81.4 Å². The Bertz CT molecular complexity index is 544. The standard InChI is InChI=1S/C12H20N3O3S/c1-10-4-6-11(7-5-10)19(16,17)18-15(2)9-3-8-14-12(15)13/h4-7,12,14H,3,8-9,13H2,1-2H3/q+1. The molecule has 3 N–H and O–H groups in total. The minimum Gasteiger partial charge on any atom is -0.265 e. The van der Waals surface area contributed by atoms with Gasteiger partial charge >= 0.3 is 10.1 Å². The zero-order valence-corrected chi connectivity index (χ0v) is 12.0. The van der Waals surface area contributed by atoms with Crippen molar-refractivity contribution in [2.45, 2.75) is 24.5 Å². The SMILES string of the molecule is Cc1ccc(S(=O)(=O)O[N+]2(C)CCCNC2N)cc1. The number of benzene rings is 1. The summed E-state index contributed by atoms with van der Waals surface area (Å²) in [5.74, 6) is 0. The average Bonchev–Trinajstić information content (AvgIpc) is 2.33. The lowest BCUT2D eigenvalue weighted by Crippen LogP contribution is -2.67. The average molecular weight is 286 g/mol. The number of nitrogens with one attached hydrogen (secondary N) is 1. The molecule has 0 aromatic heterocycles. The van der Waals surface area contributed by atoms with E-state index in [0.29, 0.717) is 6.54 Å². The Hall–Kier alpha value is -0.990. The molecule has 106 valence electrons.